The van der Waals surface area contributed by atoms with E-state index in [1.165, 1.54) is 5.56 Å². The molecule has 2 fully saturated rings. The van der Waals surface area contributed by atoms with Crippen LogP contribution in [0.4, 0.5) is 5.69 Å². The molecule has 0 radical (unpaired) electrons. The fraction of sp³-hybridized carbons (Fsp3) is 0.529. The lowest BCUT2D eigenvalue weighted by molar-refractivity contribution is -0.160. The second-order valence-electron chi connectivity index (χ2n) is 12.7. The number of esters is 1. The highest BCUT2D eigenvalue weighted by Crippen LogP contribution is 2.30. The van der Waals surface area contributed by atoms with Crippen molar-refractivity contribution >= 4 is 29.4 Å². The number of nitrogens with one attached hydrogen (secondary N) is 1. The Hall–Kier alpha value is -3.88. The highest BCUT2D eigenvalue weighted by atomic mass is 16.6. The Labute approximate surface area is 254 Å². The molecule has 9 nitrogen and oxygen atoms in total. The van der Waals surface area contributed by atoms with Crippen LogP contribution in [0.25, 0.3) is 0 Å². The van der Waals surface area contributed by atoms with E-state index in [2.05, 4.69) is 22.3 Å². The number of likely N-dealkylation sites (tertiary alicyclic amines) is 1. The molecule has 4 rings (SSSR count). The fourth-order valence-electron chi connectivity index (χ4n) is 6.05. The number of benzene rings is 2. The van der Waals surface area contributed by atoms with Crippen LogP contribution >= 0.6 is 0 Å². The summed E-state index contributed by atoms with van der Waals surface area (Å²) in [5.41, 5.74) is 2.29. The van der Waals surface area contributed by atoms with Crippen LogP contribution in [0.15, 0.2) is 54.6 Å². The first-order valence-electron chi connectivity index (χ1n) is 15.4. The summed E-state index contributed by atoms with van der Waals surface area (Å²) in [6.45, 7) is 8.11. The van der Waals surface area contributed by atoms with Crippen molar-refractivity contribution in [1.29, 1.82) is 0 Å². The number of rotatable bonds is 12. The van der Waals surface area contributed by atoms with Crippen LogP contribution in [0, 0.1) is 11.8 Å². The lowest BCUT2D eigenvalue weighted by atomic mass is 9.96. The van der Waals surface area contributed by atoms with Crippen LogP contribution in [0.2, 0.25) is 0 Å². The largest absolute Gasteiger partial charge is 0.481 e. The minimum absolute atomic E-state index is 0.0881. The highest BCUT2D eigenvalue weighted by molar-refractivity contribution is 5.94. The summed E-state index contributed by atoms with van der Waals surface area (Å²) < 4.78 is 5.55. The summed E-state index contributed by atoms with van der Waals surface area (Å²) in [6.07, 6.45) is 4.00. The summed E-state index contributed by atoms with van der Waals surface area (Å²) in [4.78, 5) is 53.7. The van der Waals surface area contributed by atoms with E-state index in [9.17, 15) is 24.3 Å². The maximum Gasteiger partial charge on any atom is 0.309 e. The number of aryl methyl sites for hydroxylation is 1. The third-order valence-corrected chi connectivity index (χ3v) is 8.25. The predicted molar refractivity (Wildman–Crippen MR) is 165 cm³/mol. The maximum absolute atomic E-state index is 13.0. The molecular formula is C34H45N3O6. The van der Waals surface area contributed by atoms with Gasteiger partial charge in [0.15, 0.2) is 0 Å². The van der Waals surface area contributed by atoms with E-state index in [0.29, 0.717) is 31.5 Å². The number of amides is 2. The third-order valence-electron chi connectivity index (χ3n) is 8.25. The number of carboxylic acids is 1. The first-order chi connectivity index (χ1) is 20.5. The van der Waals surface area contributed by atoms with Gasteiger partial charge in [0.05, 0.1) is 18.3 Å². The molecule has 2 amide bonds. The zero-order valence-corrected chi connectivity index (χ0v) is 25.6. The minimum Gasteiger partial charge on any atom is -0.481 e. The lowest BCUT2D eigenvalue weighted by Gasteiger charge is -2.34. The number of piperidine rings is 1. The first-order valence-corrected chi connectivity index (χ1v) is 15.4. The average Bonchev–Trinajstić information content (AvgIpc) is 3.25. The zero-order chi connectivity index (χ0) is 31.0. The van der Waals surface area contributed by atoms with E-state index in [1.807, 2.05) is 68.1 Å². The van der Waals surface area contributed by atoms with Crippen LogP contribution < -0.4 is 10.2 Å². The smallest absolute Gasteiger partial charge is 0.309 e. The van der Waals surface area contributed by atoms with Gasteiger partial charge in [-0.25, -0.2) is 0 Å². The van der Waals surface area contributed by atoms with Crippen molar-refractivity contribution in [3.8, 4) is 0 Å². The molecule has 0 bridgehead atoms. The van der Waals surface area contributed by atoms with Crippen molar-refractivity contribution in [2.24, 2.45) is 11.8 Å². The highest BCUT2D eigenvalue weighted by Gasteiger charge is 2.39. The SMILES string of the molecule is CC(C)(C)OC(=O)C1CCN(c2ccc(C(=O)NCC[C@@H]3C[C@@H](CC(=O)O)C(=O)N3CCCc3ccccc3)cc2)CC1. The number of carboxylic acid groups (broad SMARTS) is 1. The molecule has 2 aliphatic rings. The second kappa shape index (κ2) is 14.5. The molecule has 2 heterocycles. The van der Waals surface area contributed by atoms with Gasteiger partial charge >= 0.3 is 11.9 Å². The molecule has 2 atom stereocenters. The molecule has 2 saturated heterocycles. The summed E-state index contributed by atoms with van der Waals surface area (Å²) >= 11 is 0. The van der Waals surface area contributed by atoms with Gasteiger partial charge in [-0.3, -0.25) is 19.2 Å². The van der Waals surface area contributed by atoms with Gasteiger partial charge in [-0.05, 0) is 89.1 Å². The van der Waals surface area contributed by atoms with Crippen LogP contribution in [-0.4, -0.2) is 71.6 Å². The molecule has 9 heteroatoms. The molecule has 0 aliphatic carbocycles. The van der Waals surface area contributed by atoms with Gasteiger partial charge in [-0.1, -0.05) is 30.3 Å². The van der Waals surface area contributed by atoms with E-state index in [0.717, 1.165) is 44.5 Å². The average molecular weight is 592 g/mol. The third kappa shape index (κ3) is 9.30. The Morgan fingerprint density at radius 2 is 1.67 bits per heavy atom. The van der Waals surface area contributed by atoms with Crippen molar-refractivity contribution in [2.75, 3.05) is 31.1 Å². The summed E-state index contributed by atoms with van der Waals surface area (Å²) in [5.74, 6) is -1.98. The van der Waals surface area contributed by atoms with Gasteiger partial charge in [0.2, 0.25) is 5.91 Å². The van der Waals surface area contributed by atoms with Crippen LogP contribution in [0.1, 0.15) is 75.2 Å². The van der Waals surface area contributed by atoms with Crippen LogP contribution in [0.5, 0.6) is 0 Å². The van der Waals surface area contributed by atoms with Crippen molar-refractivity contribution in [2.45, 2.75) is 77.4 Å². The Kier molecular flexibility index (Phi) is 10.8. The standard InChI is InChI=1S/C34H45N3O6/c1-34(2,3)43-33(42)26-16-20-36(21-17-26)28-13-11-25(12-14-28)31(40)35-18-15-29-22-27(23-30(38)39)32(41)37(29)19-7-10-24-8-5-4-6-9-24/h4-6,8-9,11-14,26-27,29H,7,10,15-23H2,1-3H3,(H,35,40)(H,38,39)/t27-,29+/m0/s1. The van der Waals surface area contributed by atoms with Crippen molar-refractivity contribution in [3.05, 3.63) is 65.7 Å². The fourth-order valence-corrected chi connectivity index (χ4v) is 6.05. The van der Waals surface area contributed by atoms with Gasteiger partial charge in [0.1, 0.15) is 5.60 Å². The van der Waals surface area contributed by atoms with Crippen molar-refractivity contribution < 1.29 is 29.0 Å². The first kappa shape index (κ1) is 32.0. The summed E-state index contributed by atoms with van der Waals surface area (Å²) in [6, 6.07) is 17.5. The van der Waals surface area contributed by atoms with E-state index >= 15 is 0 Å². The molecular weight excluding hydrogens is 546 g/mol. The Morgan fingerprint density at radius 3 is 2.30 bits per heavy atom. The molecule has 43 heavy (non-hydrogen) atoms. The monoisotopic (exact) mass is 591 g/mol. The topological polar surface area (TPSA) is 116 Å². The van der Waals surface area contributed by atoms with Gasteiger partial charge in [-0.15, -0.1) is 0 Å². The predicted octanol–water partition coefficient (Wildman–Crippen LogP) is 4.69. The number of ether oxygens (including phenoxy) is 1. The molecule has 2 aromatic rings. The number of carbonyl (C=O) groups excluding carboxylic acids is 3. The summed E-state index contributed by atoms with van der Waals surface area (Å²) in [5, 5.41) is 12.3. The number of anilines is 1. The Morgan fingerprint density at radius 1 is 1.00 bits per heavy atom. The maximum atomic E-state index is 13.0. The van der Waals surface area contributed by atoms with E-state index < -0.39 is 17.5 Å². The van der Waals surface area contributed by atoms with E-state index in [-0.39, 0.29) is 36.2 Å². The number of nitrogens with zero attached hydrogens (tertiary/aromatic N) is 2. The zero-order valence-electron chi connectivity index (χ0n) is 25.6. The van der Waals surface area contributed by atoms with Crippen LogP contribution in [0.3, 0.4) is 0 Å². The van der Waals surface area contributed by atoms with Crippen LogP contribution in [-0.2, 0) is 25.5 Å². The molecule has 2 N–H and O–H groups in total. The van der Waals surface area contributed by atoms with Gasteiger partial charge < -0.3 is 25.0 Å². The molecule has 232 valence electrons. The number of carbonyl (C=O) groups is 4. The summed E-state index contributed by atoms with van der Waals surface area (Å²) in [7, 11) is 0. The normalized spacial score (nSPS) is 19.4. The Bertz CT molecular complexity index is 1250. The second-order valence-corrected chi connectivity index (χ2v) is 12.7. The number of hydrogen-bond acceptors (Lipinski definition) is 6. The Balaban J connectivity index is 1.25. The number of aliphatic carboxylic acids is 1. The molecule has 2 aromatic carbocycles. The molecule has 0 spiro atoms. The van der Waals surface area contributed by atoms with E-state index in [4.69, 9.17) is 4.74 Å². The molecule has 2 aliphatic heterocycles. The number of hydrogen-bond donors (Lipinski definition) is 2. The molecule has 0 unspecified atom stereocenters. The van der Waals surface area contributed by atoms with Gasteiger partial charge in [0.25, 0.3) is 5.91 Å². The van der Waals surface area contributed by atoms with E-state index in [1.54, 1.807) is 0 Å². The lowest BCUT2D eigenvalue weighted by Crippen LogP contribution is -2.38. The quantitative estimate of drug-likeness (QED) is 0.344. The molecule has 0 saturated carbocycles. The van der Waals surface area contributed by atoms with Gasteiger partial charge in [-0.2, -0.15) is 0 Å². The minimum atomic E-state index is -0.965. The van der Waals surface area contributed by atoms with Crippen molar-refractivity contribution in [3.63, 3.8) is 0 Å². The van der Waals surface area contributed by atoms with Crippen molar-refractivity contribution in [1.82, 2.24) is 10.2 Å². The molecule has 0 aromatic heterocycles. The van der Waals surface area contributed by atoms with Gasteiger partial charge in [0, 0.05) is 43.5 Å².